The highest BCUT2D eigenvalue weighted by atomic mass is 16.5. The van der Waals surface area contributed by atoms with Crippen LogP contribution in [-0.2, 0) is 23.0 Å². The number of carbonyl (C=O) groups is 1. The first-order valence-electron chi connectivity index (χ1n) is 7.79. The summed E-state index contributed by atoms with van der Waals surface area (Å²) in [6.07, 6.45) is 0.290. The zero-order valence-electron chi connectivity index (χ0n) is 13.2. The molecule has 1 saturated heterocycles. The number of aromatic nitrogens is 1. The van der Waals surface area contributed by atoms with Crippen molar-refractivity contribution in [3.05, 3.63) is 34.3 Å². The minimum absolute atomic E-state index is 0.0221. The van der Waals surface area contributed by atoms with E-state index < -0.39 is 5.76 Å². The number of ether oxygens (including phenoxy) is 1. The quantitative estimate of drug-likeness (QED) is 0.847. The topological polar surface area (TPSA) is 76.7 Å². The van der Waals surface area contributed by atoms with Crippen molar-refractivity contribution in [2.45, 2.75) is 6.42 Å². The number of aryl methyl sites for hydroxylation is 1. The monoisotopic (exact) mass is 319 g/mol. The molecule has 1 aromatic carbocycles. The number of carbonyl (C=O) groups excluding carboxylic acids is 1. The first-order chi connectivity index (χ1) is 11.1. The van der Waals surface area contributed by atoms with E-state index in [4.69, 9.17) is 9.15 Å². The first kappa shape index (κ1) is 15.8. The van der Waals surface area contributed by atoms with Crippen LogP contribution >= 0.6 is 0 Å². The van der Waals surface area contributed by atoms with Crippen LogP contribution in [0.15, 0.2) is 27.4 Å². The highest BCUT2D eigenvalue weighted by Gasteiger charge is 2.11. The van der Waals surface area contributed by atoms with Crippen molar-refractivity contribution in [2.24, 2.45) is 7.05 Å². The Morgan fingerprint density at radius 3 is 2.87 bits per heavy atom. The van der Waals surface area contributed by atoms with Crippen molar-refractivity contribution in [2.75, 3.05) is 39.4 Å². The van der Waals surface area contributed by atoms with Gasteiger partial charge in [-0.05, 0) is 17.7 Å². The summed E-state index contributed by atoms with van der Waals surface area (Å²) in [7, 11) is 1.65. The van der Waals surface area contributed by atoms with Crippen LogP contribution in [0.25, 0.3) is 11.1 Å². The van der Waals surface area contributed by atoms with Gasteiger partial charge < -0.3 is 14.5 Å². The molecule has 1 fully saturated rings. The van der Waals surface area contributed by atoms with Gasteiger partial charge >= 0.3 is 5.76 Å². The number of hydrogen-bond acceptors (Lipinski definition) is 5. The molecule has 23 heavy (non-hydrogen) atoms. The van der Waals surface area contributed by atoms with E-state index in [1.807, 2.05) is 12.1 Å². The molecule has 1 aliphatic heterocycles. The fraction of sp³-hybridized carbons (Fsp3) is 0.500. The molecule has 2 heterocycles. The third kappa shape index (κ3) is 3.80. The number of rotatable bonds is 5. The van der Waals surface area contributed by atoms with E-state index in [-0.39, 0.29) is 5.91 Å². The van der Waals surface area contributed by atoms with Crippen LogP contribution in [0.2, 0.25) is 0 Å². The lowest BCUT2D eigenvalue weighted by Crippen LogP contribution is -2.41. The normalized spacial score (nSPS) is 15.9. The summed E-state index contributed by atoms with van der Waals surface area (Å²) in [5.41, 5.74) is 2.10. The summed E-state index contributed by atoms with van der Waals surface area (Å²) in [4.78, 5) is 25.8. The number of nitrogens with one attached hydrogen (secondary N) is 1. The second-order valence-corrected chi connectivity index (χ2v) is 5.71. The maximum atomic E-state index is 12.0. The van der Waals surface area contributed by atoms with Gasteiger partial charge in [0, 0.05) is 33.2 Å². The number of benzene rings is 1. The summed E-state index contributed by atoms with van der Waals surface area (Å²) in [6, 6.07) is 5.36. The molecule has 2 aromatic rings. The fourth-order valence-corrected chi connectivity index (χ4v) is 2.71. The lowest BCUT2D eigenvalue weighted by molar-refractivity contribution is -0.120. The SMILES string of the molecule is Cn1c(=O)oc2ccc(CC(=O)NCCN3CCOCC3)cc21. The van der Waals surface area contributed by atoms with Crippen LogP contribution in [0, 0.1) is 0 Å². The number of oxazole rings is 1. The number of hydrogen-bond donors (Lipinski definition) is 1. The Morgan fingerprint density at radius 2 is 2.09 bits per heavy atom. The molecule has 0 atom stereocenters. The highest BCUT2D eigenvalue weighted by Crippen LogP contribution is 2.14. The van der Waals surface area contributed by atoms with Gasteiger partial charge in [0.1, 0.15) is 0 Å². The largest absolute Gasteiger partial charge is 0.419 e. The molecule has 3 rings (SSSR count). The van der Waals surface area contributed by atoms with Crippen molar-refractivity contribution in [3.8, 4) is 0 Å². The van der Waals surface area contributed by atoms with Crippen LogP contribution in [-0.4, -0.2) is 54.8 Å². The molecule has 7 nitrogen and oxygen atoms in total. The lowest BCUT2D eigenvalue weighted by Gasteiger charge is -2.26. The van der Waals surface area contributed by atoms with Gasteiger partial charge in [0.05, 0.1) is 25.2 Å². The van der Waals surface area contributed by atoms with Crippen molar-refractivity contribution < 1.29 is 13.9 Å². The van der Waals surface area contributed by atoms with Crippen molar-refractivity contribution in [1.82, 2.24) is 14.8 Å². The fourth-order valence-electron chi connectivity index (χ4n) is 2.71. The van der Waals surface area contributed by atoms with Gasteiger partial charge in [-0.25, -0.2) is 4.79 Å². The number of nitrogens with zero attached hydrogens (tertiary/aromatic N) is 2. The molecule has 1 amide bonds. The maximum absolute atomic E-state index is 12.0. The molecule has 0 spiro atoms. The van der Waals surface area contributed by atoms with Crippen molar-refractivity contribution >= 4 is 17.0 Å². The lowest BCUT2D eigenvalue weighted by atomic mass is 10.1. The third-order valence-corrected chi connectivity index (χ3v) is 4.07. The first-order valence-corrected chi connectivity index (χ1v) is 7.79. The van der Waals surface area contributed by atoms with Crippen LogP contribution in [0.4, 0.5) is 0 Å². The minimum atomic E-state index is -0.396. The Morgan fingerprint density at radius 1 is 1.30 bits per heavy atom. The van der Waals surface area contributed by atoms with E-state index >= 15 is 0 Å². The van der Waals surface area contributed by atoms with E-state index in [2.05, 4.69) is 10.2 Å². The molecule has 1 aromatic heterocycles. The van der Waals surface area contributed by atoms with Gasteiger partial charge in [-0.3, -0.25) is 14.3 Å². The molecule has 0 saturated carbocycles. The predicted octanol–water partition coefficient (Wildman–Crippen LogP) is 0.122. The number of fused-ring (bicyclic) bond motifs is 1. The Bertz CT molecular complexity index is 743. The molecule has 7 heteroatoms. The van der Waals surface area contributed by atoms with Gasteiger partial charge in [0.2, 0.25) is 5.91 Å². The summed E-state index contributed by atoms with van der Waals surface area (Å²) >= 11 is 0. The standard InChI is InChI=1S/C16H21N3O4/c1-18-13-10-12(2-3-14(13)23-16(18)21)11-15(20)17-4-5-19-6-8-22-9-7-19/h2-3,10H,4-9,11H2,1H3,(H,17,20). The Labute approximate surface area is 133 Å². The van der Waals surface area contributed by atoms with Crippen LogP contribution in [0.3, 0.4) is 0 Å². The molecule has 1 aliphatic rings. The van der Waals surface area contributed by atoms with E-state index in [1.165, 1.54) is 4.57 Å². The smallest absolute Gasteiger partial charge is 0.408 e. The van der Waals surface area contributed by atoms with E-state index in [0.717, 1.165) is 38.4 Å². The molecule has 0 unspecified atom stereocenters. The predicted molar refractivity (Wildman–Crippen MR) is 85.4 cm³/mol. The molecular weight excluding hydrogens is 298 g/mol. The second-order valence-electron chi connectivity index (χ2n) is 5.71. The van der Waals surface area contributed by atoms with E-state index in [9.17, 15) is 9.59 Å². The molecule has 0 aliphatic carbocycles. The van der Waals surface area contributed by atoms with Crippen LogP contribution in [0.1, 0.15) is 5.56 Å². The van der Waals surface area contributed by atoms with Gasteiger partial charge in [-0.1, -0.05) is 6.07 Å². The summed E-state index contributed by atoms with van der Waals surface area (Å²) in [6.45, 7) is 4.83. The van der Waals surface area contributed by atoms with Gasteiger partial charge in [-0.15, -0.1) is 0 Å². The third-order valence-electron chi connectivity index (χ3n) is 4.07. The average Bonchev–Trinajstić information content (AvgIpc) is 2.83. The molecule has 0 bridgehead atoms. The zero-order chi connectivity index (χ0) is 16.2. The van der Waals surface area contributed by atoms with Crippen molar-refractivity contribution in [1.29, 1.82) is 0 Å². The number of amides is 1. The molecular formula is C16H21N3O4. The Hall–Kier alpha value is -2.12. The van der Waals surface area contributed by atoms with E-state index in [0.29, 0.717) is 24.1 Å². The Kier molecular flexibility index (Phi) is 4.78. The second kappa shape index (κ2) is 6.97. The minimum Gasteiger partial charge on any atom is -0.408 e. The van der Waals surface area contributed by atoms with E-state index in [1.54, 1.807) is 13.1 Å². The average molecular weight is 319 g/mol. The summed E-state index contributed by atoms with van der Waals surface area (Å²) in [5.74, 6) is -0.418. The number of morpholine rings is 1. The van der Waals surface area contributed by atoms with Crippen molar-refractivity contribution in [3.63, 3.8) is 0 Å². The maximum Gasteiger partial charge on any atom is 0.419 e. The van der Waals surface area contributed by atoms with Crippen LogP contribution in [0.5, 0.6) is 0 Å². The van der Waals surface area contributed by atoms with Crippen LogP contribution < -0.4 is 11.1 Å². The molecule has 124 valence electrons. The van der Waals surface area contributed by atoms with Gasteiger partial charge in [-0.2, -0.15) is 0 Å². The summed E-state index contributed by atoms with van der Waals surface area (Å²) in [5, 5.41) is 2.93. The Balaban J connectivity index is 1.53. The molecule has 0 radical (unpaired) electrons. The highest BCUT2D eigenvalue weighted by molar-refractivity contribution is 5.81. The molecule has 1 N–H and O–H groups in total. The van der Waals surface area contributed by atoms with Gasteiger partial charge in [0.15, 0.2) is 5.58 Å². The zero-order valence-corrected chi connectivity index (χ0v) is 13.2. The van der Waals surface area contributed by atoms with Gasteiger partial charge in [0.25, 0.3) is 0 Å². The summed E-state index contributed by atoms with van der Waals surface area (Å²) < 4.78 is 11.8.